The lowest BCUT2D eigenvalue weighted by Crippen LogP contribution is -2.36. The van der Waals surface area contributed by atoms with Gasteiger partial charge in [-0.1, -0.05) is 18.2 Å². The molecule has 20 heavy (non-hydrogen) atoms. The summed E-state index contributed by atoms with van der Waals surface area (Å²) in [6.45, 7) is 1.13. The van der Waals surface area contributed by atoms with Crippen molar-refractivity contribution in [3.05, 3.63) is 29.8 Å². The second-order valence-electron chi connectivity index (χ2n) is 5.38. The third-order valence-electron chi connectivity index (χ3n) is 3.70. The maximum atomic E-state index is 11.8. The first-order valence-electron chi connectivity index (χ1n) is 6.78. The largest absolute Gasteiger partial charge is 0.468 e. The number of carbonyl (C=O) groups excluding carboxylic acids is 1. The summed E-state index contributed by atoms with van der Waals surface area (Å²) in [7, 11) is 5.38. The molecule has 110 valence electrons. The van der Waals surface area contributed by atoms with Crippen molar-refractivity contribution in [3.63, 3.8) is 0 Å². The third-order valence-corrected chi connectivity index (χ3v) is 3.70. The first kappa shape index (κ1) is 14.8. The van der Waals surface area contributed by atoms with Gasteiger partial charge in [0.05, 0.1) is 13.2 Å². The molecule has 0 aromatic heterocycles. The fraction of sp³-hybridized carbons (Fsp3) is 0.533. The van der Waals surface area contributed by atoms with E-state index in [4.69, 9.17) is 4.74 Å². The molecule has 1 heterocycles. The molecule has 0 unspecified atom stereocenters. The molecule has 2 rings (SSSR count). The summed E-state index contributed by atoms with van der Waals surface area (Å²) >= 11 is 0. The smallest absolute Gasteiger partial charge is 0.323 e. The van der Waals surface area contributed by atoms with Crippen molar-refractivity contribution in [2.75, 3.05) is 32.6 Å². The van der Waals surface area contributed by atoms with Gasteiger partial charge in [-0.25, -0.2) is 0 Å². The van der Waals surface area contributed by atoms with Crippen LogP contribution in [-0.2, 0) is 16.1 Å². The van der Waals surface area contributed by atoms with Gasteiger partial charge < -0.3 is 14.7 Å². The van der Waals surface area contributed by atoms with Crippen LogP contribution >= 0.6 is 0 Å². The zero-order chi connectivity index (χ0) is 14.7. The van der Waals surface area contributed by atoms with Crippen molar-refractivity contribution in [2.45, 2.75) is 25.1 Å². The van der Waals surface area contributed by atoms with E-state index in [0.717, 1.165) is 11.3 Å². The zero-order valence-corrected chi connectivity index (χ0v) is 12.2. The van der Waals surface area contributed by atoms with E-state index < -0.39 is 6.10 Å². The fourth-order valence-electron chi connectivity index (χ4n) is 2.73. The van der Waals surface area contributed by atoms with Gasteiger partial charge in [0, 0.05) is 39.3 Å². The van der Waals surface area contributed by atoms with Gasteiger partial charge in [0.1, 0.15) is 6.04 Å². The maximum absolute atomic E-state index is 11.8. The number of anilines is 1. The molecule has 1 aromatic carbocycles. The Bertz CT molecular complexity index is 476. The van der Waals surface area contributed by atoms with E-state index in [1.807, 2.05) is 37.2 Å². The lowest BCUT2D eigenvalue weighted by atomic mass is 10.1. The zero-order valence-electron chi connectivity index (χ0n) is 12.2. The Hall–Kier alpha value is -1.59. The number of hydrogen-bond donors (Lipinski definition) is 1. The molecule has 1 N–H and O–H groups in total. The van der Waals surface area contributed by atoms with E-state index >= 15 is 0 Å². The van der Waals surface area contributed by atoms with Crippen LogP contribution < -0.4 is 4.90 Å². The van der Waals surface area contributed by atoms with Crippen LogP contribution in [0.4, 0.5) is 5.69 Å². The number of ether oxygens (including phenoxy) is 1. The van der Waals surface area contributed by atoms with Gasteiger partial charge in [0.25, 0.3) is 0 Å². The molecule has 2 atom stereocenters. The van der Waals surface area contributed by atoms with Gasteiger partial charge in [-0.2, -0.15) is 0 Å². The predicted molar refractivity (Wildman–Crippen MR) is 77.6 cm³/mol. The van der Waals surface area contributed by atoms with E-state index in [0.29, 0.717) is 19.5 Å². The standard InChI is InChI=1S/C15H22N2O3/c1-16(2)13-7-5-4-6-11(13)9-17-10-12(18)8-14(17)15(19)20-3/h4-7,12,14,18H,8-10H2,1-3H3/t12-,14-/m0/s1. The summed E-state index contributed by atoms with van der Waals surface area (Å²) in [5, 5.41) is 9.81. The molecule has 5 heteroatoms. The quantitative estimate of drug-likeness (QED) is 0.828. The number of benzene rings is 1. The predicted octanol–water partition coefficient (Wildman–Crippen LogP) is 0.861. The van der Waals surface area contributed by atoms with Gasteiger partial charge >= 0.3 is 5.97 Å². The number of rotatable bonds is 4. The summed E-state index contributed by atoms with van der Waals surface area (Å²) in [5.41, 5.74) is 2.26. The average molecular weight is 278 g/mol. The van der Waals surface area contributed by atoms with Crippen molar-refractivity contribution >= 4 is 11.7 Å². The lowest BCUT2D eigenvalue weighted by molar-refractivity contribution is -0.146. The molecule has 1 fully saturated rings. The van der Waals surface area contributed by atoms with Crippen molar-refractivity contribution in [1.29, 1.82) is 0 Å². The molecule has 0 aliphatic carbocycles. The monoisotopic (exact) mass is 278 g/mol. The molecule has 1 aliphatic rings. The van der Waals surface area contributed by atoms with Crippen LogP contribution in [0.3, 0.4) is 0 Å². The number of aliphatic hydroxyl groups excluding tert-OH is 1. The van der Waals surface area contributed by atoms with Crippen LogP contribution in [0.25, 0.3) is 0 Å². The normalized spacial score (nSPS) is 22.8. The highest BCUT2D eigenvalue weighted by Gasteiger charge is 2.36. The summed E-state index contributed by atoms with van der Waals surface area (Å²) < 4.78 is 4.83. The molecule has 0 amide bonds. The average Bonchev–Trinajstić information content (AvgIpc) is 2.79. The first-order chi connectivity index (χ1) is 9.52. The lowest BCUT2D eigenvalue weighted by Gasteiger charge is -2.25. The van der Waals surface area contributed by atoms with E-state index in [9.17, 15) is 9.90 Å². The van der Waals surface area contributed by atoms with Crippen molar-refractivity contribution in [3.8, 4) is 0 Å². The van der Waals surface area contributed by atoms with E-state index in [1.165, 1.54) is 7.11 Å². The molecule has 0 bridgehead atoms. The Morgan fingerprint density at radius 3 is 2.80 bits per heavy atom. The van der Waals surface area contributed by atoms with Crippen molar-refractivity contribution < 1.29 is 14.6 Å². The van der Waals surface area contributed by atoms with E-state index in [-0.39, 0.29) is 12.0 Å². The summed E-state index contributed by atoms with van der Waals surface area (Å²) in [6.07, 6.45) is -0.0257. The Morgan fingerprint density at radius 2 is 2.15 bits per heavy atom. The van der Waals surface area contributed by atoms with Crippen molar-refractivity contribution in [2.24, 2.45) is 0 Å². The number of methoxy groups -OCH3 is 1. The highest BCUT2D eigenvalue weighted by atomic mass is 16.5. The Balaban J connectivity index is 2.18. The molecule has 1 aliphatic heterocycles. The second-order valence-corrected chi connectivity index (χ2v) is 5.38. The summed E-state index contributed by atoms with van der Waals surface area (Å²) in [6, 6.07) is 7.73. The Labute approximate surface area is 119 Å². The van der Waals surface area contributed by atoms with Crippen LogP contribution in [0.1, 0.15) is 12.0 Å². The SMILES string of the molecule is COC(=O)[C@@H]1C[C@H](O)CN1Cc1ccccc1N(C)C. The number of hydrogen-bond acceptors (Lipinski definition) is 5. The number of para-hydroxylation sites is 1. The molecule has 1 aromatic rings. The number of carbonyl (C=O) groups is 1. The minimum absolute atomic E-state index is 0.274. The van der Waals surface area contributed by atoms with E-state index in [1.54, 1.807) is 0 Å². The van der Waals surface area contributed by atoms with Crippen LogP contribution in [0.15, 0.2) is 24.3 Å². The number of β-amino-alcohol motifs (C(OH)–C–C–N with tert-alkyl or cyclic N) is 1. The van der Waals surface area contributed by atoms with Crippen LogP contribution in [-0.4, -0.2) is 55.9 Å². The first-order valence-corrected chi connectivity index (χ1v) is 6.78. The number of nitrogens with zero attached hydrogens (tertiary/aromatic N) is 2. The van der Waals surface area contributed by atoms with Crippen molar-refractivity contribution in [1.82, 2.24) is 4.90 Å². The molecule has 0 radical (unpaired) electrons. The molecule has 0 spiro atoms. The second kappa shape index (κ2) is 6.24. The van der Waals surface area contributed by atoms with Gasteiger partial charge in [-0.05, 0) is 11.6 Å². The van der Waals surface area contributed by atoms with Crippen LogP contribution in [0, 0.1) is 0 Å². The highest BCUT2D eigenvalue weighted by molar-refractivity contribution is 5.76. The van der Waals surface area contributed by atoms with Crippen LogP contribution in [0.2, 0.25) is 0 Å². The number of esters is 1. The molecule has 0 saturated carbocycles. The Morgan fingerprint density at radius 1 is 1.45 bits per heavy atom. The number of aliphatic hydroxyl groups is 1. The maximum Gasteiger partial charge on any atom is 0.323 e. The number of likely N-dealkylation sites (tertiary alicyclic amines) is 1. The Kier molecular flexibility index (Phi) is 4.62. The summed E-state index contributed by atoms with van der Waals surface area (Å²) in [4.78, 5) is 15.8. The van der Waals surface area contributed by atoms with Gasteiger partial charge in [-0.15, -0.1) is 0 Å². The summed E-state index contributed by atoms with van der Waals surface area (Å²) in [5.74, 6) is -0.274. The van der Waals surface area contributed by atoms with Gasteiger partial charge in [-0.3, -0.25) is 9.69 Å². The highest BCUT2D eigenvalue weighted by Crippen LogP contribution is 2.25. The molecule has 1 saturated heterocycles. The minimum atomic E-state index is -0.467. The van der Waals surface area contributed by atoms with Crippen LogP contribution in [0.5, 0.6) is 0 Å². The topological polar surface area (TPSA) is 53.0 Å². The molecule has 5 nitrogen and oxygen atoms in total. The molecular formula is C15H22N2O3. The van der Waals surface area contributed by atoms with E-state index in [2.05, 4.69) is 11.0 Å². The van der Waals surface area contributed by atoms with Gasteiger partial charge in [0.15, 0.2) is 0 Å². The molecular weight excluding hydrogens is 256 g/mol. The third kappa shape index (κ3) is 3.11. The van der Waals surface area contributed by atoms with Gasteiger partial charge in [0.2, 0.25) is 0 Å². The fourth-order valence-corrected chi connectivity index (χ4v) is 2.73. The minimum Gasteiger partial charge on any atom is -0.468 e.